The van der Waals surface area contributed by atoms with Gasteiger partial charge in [-0.2, -0.15) is 0 Å². The summed E-state index contributed by atoms with van der Waals surface area (Å²) < 4.78 is 26.6. The first-order valence-corrected chi connectivity index (χ1v) is 7.54. The summed E-state index contributed by atoms with van der Waals surface area (Å²) in [6.45, 7) is 9.36. The summed E-state index contributed by atoms with van der Waals surface area (Å²) >= 11 is 0. The fraction of sp³-hybridized carbons (Fsp3) is 1.00. The zero-order chi connectivity index (χ0) is 13.7. The number of hydrogen-bond donors (Lipinski definition) is 2. The normalized spacial score (nSPS) is 15.2. The average Bonchev–Trinajstić information content (AvgIpc) is 2.23. The van der Waals surface area contributed by atoms with Crippen molar-refractivity contribution in [2.24, 2.45) is 0 Å². The van der Waals surface area contributed by atoms with E-state index in [-0.39, 0.29) is 5.54 Å². The minimum Gasteiger partial charge on any atom is -0.316 e. The molecule has 0 spiro atoms. The number of rotatable bonds is 8. The molecule has 0 saturated carbocycles. The van der Waals surface area contributed by atoms with Crippen molar-refractivity contribution in [3.8, 4) is 0 Å². The van der Waals surface area contributed by atoms with E-state index in [1.165, 1.54) is 0 Å². The monoisotopic (exact) mass is 265 g/mol. The highest BCUT2D eigenvalue weighted by Crippen LogP contribution is 2.09. The second kappa shape index (κ2) is 6.68. The molecular weight excluding hydrogens is 238 g/mol. The highest BCUT2D eigenvalue weighted by molar-refractivity contribution is 7.90. The van der Waals surface area contributed by atoms with Crippen molar-refractivity contribution in [2.75, 3.05) is 33.7 Å². The van der Waals surface area contributed by atoms with E-state index in [1.54, 1.807) is 6.92 Å². The van der Waals surface area contributed by atoms with Gasteiger partial charge in [-0.3, -0.25) is 0 Å². The molecule has 0 radical (unpaired) electrons. The second-order valence-electron chi connectivity index (χ2n) is 5.19. The zero-order valence-electron chi connectivity index (χ0n) is 11.9. The Morgan fingerprint density at radius 3 is 2.24 bits per heavy atom. The highest BCUT2D eigenvalue weighted by Gasteiger charge is 2.26. The van der Waals surface area contributed by atoms with Crippen LogP contribution in [-0.2, 0) is 10.0 Å². The molecule has 0 heterocycles. The zero-order valence-corrected chi connectivity index (χ0v) is 12.7. The summed E-state index contributed by atoms with van der Waals surface area (Å²) in [4.78, 5) is 2.00. The van der Waals surface area contributed by atoms with Gasteiger partial charge in [0, 0.05) is 18.6 Å². The minimum absolute atomic E-state index is 0.190. The van der Waals surface area contributed by atoms with Crippen LogP contribution >= 0.6 is 0 Å². The third-order valence-electron chi connectivity index (χ3n) is 3.13. The fourth-order valence-electron chi connectivity index (χ4n) is 1.03. The van der Waals surface area contributed by atoms with Crippen LogP contribution in [0.3, 0.4) is 0 Å². The van der Waals surface area contributed by atoms with E-state index in [2.05, 4.69) is 10.0 Å². The molecule has 2 N–H and O–H groups in total. The Bertz CT molecular complexity index is 313. The van der Waals surface area contributed by atoms with E-state index in [0.717, 1.165) is 6.54 Å². The van der Waals surface area contributed by atoms with E-state index < -0.39 is 15.3 Å². The Morgan fingerprint density at radius 1 is 1.29 bits per heavy atom. The summed E-state index contributed by atoms with van der Waals surface area (Å²) in [7, 11) is 0.643. The maximum Gasteiger partial charge on any atom is 0.215 e. The van der Waals surface area contributed by atoms with Crippen LogP contribution in [0.4, 0.5) is 0 Å². The maximum absolute atomic E-state index is 11.9. The van der Waals surface area contributed by atoms with Crippen molar-refractivity contribution in [3.05, 3.63) is 0 Å². The van der Waals surface area contributed by atoms with E-state index >= 15 is 0 Å². The van der Waals surface area contributed by atoms with Gasteiger partial charge in [-0.25, -0.2) is 13.1 Å². The summed E-state index contributed by atoms with van der Waals surface area (Å²) in [6.07, 6.45) is 0. The van der Waals surface area contributed by atoms with Crippen LogP contribution in [0, 0.1) is 0 Å². The molecule has 0 rings (SSSR count). The summed E-state index contributed by atoms with van der Waals surface area (Å²) in [5, 5.41) is 2.63. The van der Waals surface area contributed by atoms with Gasteiger partial charge in [0.2, 0.25) is 10.0 Å². The number of sulfonamides is 1. The predicted molar refractivity (Wildman–Crippen MR) is 72.7 cm³/mol. The van der Waals surface area contributed by atoms with Gasteiger partial charge < -0.3 is 10.2 Å². The molecule has 0 bridgehead atoms. The van der Waals surface area contributed by atoms with E-state index in [1.807, 2.05) is 39.8 Å². The van der Waals surface area contributed by atoms with Crippen LogP contribution in [-0.4, -0.2) is 57.8 Å². The first-order chi connectivity index (χ1) is 7.63. The molecule has 0 aliphatic heterocycles. The molecule has 6 heteroatoms. The number of nitrogens with one attached hydrogen (secondary N) is 2. The van der Waals surface area contributed by atoms with Crippen molar-refractivity contribution >= 4 is 10.0 Å². The molecule has 0 fully saturated rings. The molecule has 104 valence electrons. The Morgan fingerprint density at radius 2 is 1.82 bits per heavy atom. The van der Waals surface area contributed by atoms with Gasteiger partial charge in [0.05, 0.1) is 5.25 Å². The molecule has 0 aromatic rings. The lowest BCUT2D eigenvalue weighted by Crippen LogP contribution is -2.50. The Balaban J connectivity index is 4.37. The molecule has 0 saturated heterocycles. The molecular formula is C11H27N3O2S. The van der Waals surface area contributed by atoms with E-state index in [4.69, 9.17) is 0 Å². The first-order valence-electron chi connectivity index (χ1n) is 6.00. The van der Waals surface area contributed by atoms with Gasteiger partial charge in [0.25, 0.3) is 0 Å². The lowest BCUT2D eigenvalue weighted by Gasteiger charge is -2.33. The van der Waals surface area contributed by atoms with Crippen LogP contribution in [0.5, 0.6) is 0 Å². The van der Waals surface area contributed by atoms with Gasteiger partial charge in [-0.05, 0) is 41.4 Å². The molecule has 0 amide bonds. The van der Waals surface area contributed by atoms with Gasteiger partial charge in [0.15, 0.2) is 0 Å². The summed E-state index contributed by atoms with van der Waals surface area (Å²) in [5.41, 5.74) is -0.190. The van der Waals surface area contributed by atoms with Gasteiger partial charge in [-0.15, -0.1) is 0 Å². The summed E-state index contributed by atoms with van der Waals surface area (Å²) in [5.74, 6) is 0. The van der Waals surface area contributed by atoms with E-state index in [9.17, 15) is 8.42 Å². The smallest absolute Gasteiger partial charge is 0.215 e. The van der Waals surface area contributed by atoms with Crippen molar-refractivity contribution in [1.29, 1.82) is 0 Å². The molecule has 0 aromatic heterocycles. The lowest BCUT2D eigenvalue weighted by atomic mass is 10.1. The topological polar surface area (TPSA) is 61.4 Å². The van der Waals surface area contributed by atoms with Gasteiger partial charge >= 0.3 is 0 Å². The number of nitrogens with zero attached hydrogens (tertiary/aromatic N) is 1. The van der Waals surface area contributed by atoms with Gasteiger partial charge in [0.1, 0.15) is 0 Å². The van der Waals surface area contributed by atoms with E-state index in [0.29, 0.717) is 13.1 Å². The average molecular weight is 265 g/mol. The summed E-state index contributed by atoms with van der Waals surface area (Å²) in [6, 6.07) is 0. The maximum atomic E-state index is 11.9. The van der Waals surface area contributed by atoms with Crippen molar-refractivity contribution in [1.82, 2.24) is 14.9 Å². The highest BCUT2D eigenvalue weighted by atomic mass is 32.2. The van der Waals surface area contributed by atoms with Crippen LogP contribution in [0.25, 0.3) is 0 Å². The Hall–Kier alpha value is -0.170. The molecule has 0 aromatic carbocycles. The van der Waals surface area contributed by atoms with Crippen LogP contribution < -0.4 is 10.0 Å². The first kappa shape index (κ1) is 16.8. The largest absolute Gasteiger partial charge is 0.316 e. The van der Waals surface area contributed by atoms with Crippen molar-refractivity contribution in [2.45, 2.75) is 38.5 Å². The fourth-order valence-corrected chi connectivity index (χ4v) is 2.21. The SMILES string of the molecule is CCNCC(C)S(=O)(=O)NCC(C)(C)N(C)C. The molecule has 0 aliphatic rings. The molecule has 0 aliphatic carbocycles. The second-order valence-corrected chi connectivity index (χ2v) is 7.37. The van der Waals surface area contributed by atoms with Crippen LogP contribution in [0.1, 0.15) is 27.7 Å². The predicted octanol–water partition coefficient (Wildman–Crippen LogP) is 0.244. The number of likely N-dealkylation sites (N-methyl/N-ethyl adjacent to an activating group) is 1. The van der Waals surface area contributed by atoms with Gasteiger partial charge in [-0.1, -0.05) is 6.92 Å². The molecule has 5 nitrogen and oxygen atoms in total. The Kier molecular flexibility index (Phi) is 6.61. The molecule has 17 heavy (non-hydrogen) atoms. The van der Waals surface area contributed by atoms with Crippen LogP contribution in [0.2, 0.25) is 0 Å². The van der Waals surface area contributed by atoms with Crippen molar-refractivity contribution < 1.29 is 8.42 Å². The van der Waals surface area contributed by atoms with Crippen molar-refractivity contribution in [3.63, 3.8) is 0 Å². The Labute approximate surface area is 106 Å². The molecule has 1 unspecified atom stereocenters. The molecule has 1 atom stereocenters. The standard InChI is InChI=1S/C11H27N3O2S/c1-7-12-8-10(2)17(15,16)13-9-11(3,4)14(5)6/h10,12-13H,7-9H2,1-6H3. The van der Waals surface area contributed by atoms with Crippen LogP contribution in [0.15, 0.2) is 0 Å². The minimum atomic E-state index is -3.24. The third-order valence-corrected chi connectivity index (χ3v) is 4.90. The third kappa shape index (κ3) is 5.81. The number of hydrogen-bond acceptors (Lipinski definition) is 4. The quantitative estimate of drug-likeness (QED) is 0.660. The lowest BCUT2D eigenvalue weighted by molar-refractivity contribution is 0.198.